The number of nitrogens with one attached hydrogen (secondary N) is 1. The Labute approximate surface area is 125 Å². The van der Waals surface area contributed by atoms with Crippen molar-refractivity contribution in [1.82, 2.24) is 5.32 Å². The molecule has 1 N–H and O–H groups in total. The van der Waals surface area contributed by atoms with Crippen molar-refractivity contribution in [1.29, 1.82) is 0 Å². The zero-order valence-corrected chi connectivity index (χ0v) is 12.8. The van der Waals surface area contributed by atoms with Crippen LogP contribution >= 0.6 is 27.5 Å². The van der Waals surface area contributed by atoms with Gasteiger partial charge in [-0.2, -0.15) is 0 Å². The highest BCUT2D eigenvalue weighted by molar-refractivity contribution is 9.10. The van der Waals surface area contributed by atoms with E-state index in [9.17, 15) is 4.39 Å². The van der Waals surface area contributed by atoms with Crippen LogP contribution in [0.15, 0.2) is 46.9 Å². The van der Waals surface area contributed by atoms with E-state index >= 15 is 0 Å². The summed E-state index contributed by atoms with van der Waals surface area (Å²) in [5.41, 5.74) is 2.07. The van der Waals surface area contributed by atoms with E-state index < -0.39 is 0 Å². The molecule has 0 heterocycles. The second-order valence-corrected chi connectivity index (χ2v) is 5.62. The summed E-state index contributed by atoms with van der Waals surface area (Å²) >= 11 is 9.52. The molecule has 2 aromatic rings. The summed E-state index contributed by atoms with van der Waals surface area (Å²) in [7, 11) is 0. The first-order chi connectivity index (χ1) is 9.08. The van der Waals surface area contributed by atoms with Crippen LogP contribution in [0.4, 0.5) is 4.39 Å². The fourth-order valence-electron chi connectivity index (χ4n) is 1.86. The molecule has 0 aliphatic heterocycles. The Morgan fingerprint density at radius 1 is 1.26 bits per heavy atom. The minimum atomic E-state index is -0.241. The summed E-state index contributed by atoms with van der Waals surface area (Å²) in [6.07, 6.45) is 0. The minimum Gasteiger partial charge on any atom is -0.306 e. The van der Waals surface area contributed by atoms with Crippen molar-refractivity contribution in [2.75, 3.05) is 0 Å². The normalized spacial score (nSPS) is 12.4. The molecule has 2 rings (SSSR count). The number of hydrogen-bond acceptors (Lipinski definition) is 1. The van der Waals surface area contributed by atoms with Crippen LogP contribution in [0.2, 0.25) is 5.02 Å². The van der Waals surface area contributed by atoms with Gasteiger partial charge in [-0.3, -0.25) is 0 Å². The average Bonchev–Trinajstić information content (AvgIpc) is 2.38. The lowest BCUT2D eigenvalue weighted by Crippen LogP contribution is -2.18. The van der Waals surface area contributed by atoms with Gasteiger partial charge in [-0.1, -0.05) is 51.8 Å². The molecular weight excluding hydrogens is 329 g/mol. The molecule has 100 valence electrons. The van der Waals surface area contributed by atoms with Gasteiger partial charge in [0.05, 0.1) is 0 Å². The topological polar surface area (TPSA) is 12.0 Å². The molecule has 0 aliphatic rings. The van der Waals surface area contributed by atoms with Gasteiger partial charge in [0.2, 0.25) is 0 Å². The van der Waals surface area contributed by atoms with Crippen molar-refractivity contribution in [2.45, 2.75) is 19.5 Å². The molecule has 1 unspecified atom stereocenters. The van der Waals surface area contributed by atoms with E-state index in [0.717, 1.165) is 20.6 Å². The Hall–Kier alpha value is -0.900. The number of hydrogen-bond donors (Lipinski definition) is 1. The Balaban J connectivity index is 2.04. The molecule has 0 saturated carbocycles. The molecule has 0 fully saturated rings. The van der Waals surface area contributed by atoms with Gasteiger partial charge in [-0.05, 0) is 36.2 Å². The van der Waals surface area contributed by atoms with Crippen LogP contribution in [0, 0.1) is 5.82 Å². The maximum absolute atomic E-state index is 13.0. The summed E-state index contributed by atoms with van der Waals surface area (Å²) in [6.45, 7) is 2.70. The Bertz CT molecular complexity index is 574. The fourth-order valence-corrected chi connectivity index (χ4v) is 2.65. The third-order valence-electron chi connectivity index (χ3n) is 2.99. The van der Waals surface area contributed by atoms with Crippen molar-refractivity contribution in [2.24, 2.45) is 0 Å². The average molecular weight is 343 g/mol. The van der Waals surface area contributed by atoms with Crippen LogP contribution in [-0.2, 0) is 6.54 Å². The van der Waals surface area contributed by atoms with Gasteiger partial charge >= 0.3 is 0 Å². The van der Waals surface area contributed by atoms with Crippen LogP contribution in [0.1, 0.15) is 24.1 Å². The van der Waals surface area contributed by atoms with E-state index in [0.29, 0.717) is 6.54 Å². The van der Waals surface area contributed by atoms with E-state index in [1.807, 2.05) is 24.3 Å². The highest BCUT2D eigenvalue weighted by Crippen LogP contribution is 2.23. The van der Waals surface area contributed by atoms with Gasteiger partial charge < -0.3 is 5.32 Å². The molecule has 1 atom stereocenters. The summed E-state index contributed by atoms with van der Waals surface area (Å²) in [6, 6.07) is 12.6. The van der Waals surface area contributed by atoms with Crippen LogP contribution in [0.25, 0.3) is 0 Å². The Morgan fingerprint density at radius 2 is 2.00 bits per heavy atom. The first kappa shape index (κ1) is 14.5. The molecule has 19 heavy (non-hydrogen) atoms. The molecular formula is C15H14BrClFN. The lowest BCUT2D eigenvalue weighted by atomic mass is 10.1. The highest BCUT2D eigenvalue weighted by atomic mass is 79.9. The second-order valence-electron chi connectivity index (χ2n) is 4.36. The predicted molar refractivity (Wildman–Crippen MR) is 80.8 cm³/mol. The van der Waals surface area contributed by atoms with Crippen molar-refractivity contribution in [3.63, 3.8) is 0 Å². The van der Waals surface area contributed by atoms with E-state index in [2.05, 4.69) is 28.2 Å². The lowest BCUT2D eigenvalue weighted by molar-refractivity contribution is 0.571. The summed E-state index contributed by atoms with van der Waals surface area (Å²) in [5, 5.41) is 4.13. The molecule has 2 aromatic carbocycles. The quantitative estimate of drug-likeness (QED) is 0.816. The molecule has 0 saturated heterocycles. The molecule has 0 radical (unpaired) electrons. The monoisotopic (exact) mass is 341 g/mol. The smallest absolute Gasteiger partial charge is 0.124 e. The minimum absolute atomic E-state index is 0.130. The van der Waals surface area contributed by atoms with E-state index in [1.54, 1.807) is 6.07 Å². The molecule has 0 aromatic heterocycles. The van der Waals surface area contributed by atoms with Gasteiger partial charge in [0.15, 0.2) is 0 Å². The second kappa shape index (κ2) is 6.51. The maximum atomic E-state index is 13.0. The number of rotatable bonds is 4. The number of benzene rings is 2. The standard InChI is InChI=1S/C15H14BrClFN/c1-10(13-4-2-3-5-15(13)17)19-9-11-6-7-12(18)8-14(11)16/h2-8,10,19H,9H2,1H3. The first-order valence-electron chi connectivity index (χ1n) is 5.99. The SMILES string of the molecule is CC(NCc1ccc(F)cc1Br)c1ccccc1Cl. The zero-order valence-electron chi connectivity index (χ0n) is 10.5. The van der Waals surface area contributed by atoms with Gasteiger partial charge in [0.1, 0.15) is 5.82 Å². The fraction of sp³-hybridized carbons (Fsp3) is 0.200. The summed E-state index contributed by atoms with van der Waals surface area (Å²) in [4.78, 5) is 0. The van der Waals surface area contributed by atoms with Crippen molar-refractivity contribution >= 4 is 27.5 Å². The Morgan fingerprint density at radius 3 is 2.68 bits per heavy atom. The zero-order chi connectivity index (χ0) is 13.8. The van der Waals surface area contributed by atoms with E-state index in [1.165, 1.54) is 12.1 Å². The van der Waals surface area contributed by atoms with Gasteiger partial charge in [0.25, 0.3) is 0 Å². The van der Waals surface area contributed by atoms with Crippen LogP contribution < -0.4 is 5.32 Å². The summed E-state index contributed by atoms with van der Waals surface area (Å²) in [5.74, 6) is -0.241. The molecule has 0 bridgehead atoms. The van der Waals surface area contributed by atoms with Crippen molar-refractivity contribution in [3.05, 3.63) is 68.9 Å². The van der Waals surface area contributed by atoms with Crippen LogP contribution in [-0.4, -0.2) is 0 Å². The van der Waals surface area contributed by atoms with Gasteiger partial charge in [-0.15, -0.1) is 0 Å². The van der Waals surface area contributed by atoms with E-state index in [4.69, 9.17) is 11.6 Å². The van der Waals surface area contributed by atoms with Crippen molar-refractivity contribution < 1.29 is 4.39 Å². The van der Waals surface area contributed by atoms with E-state index in [-0.39, 0.29) is 11.9 Å². The first-order valence-corrected chi connectivity index (χ1v) is 7.17. The summed E-state index contributed by atoms with van der Waals surface area (Å²) < 4.78 is 13.8. The lowest BCUT2D eigenvalue weighted by Gasteiger charge is -2.16. The number of halogens is 3. The third-order valence-corrected chi connectivity index (χ3v) is 4.07. The van der Waals surface area contributed by atoms with Gasteiger partial charge in [0, 0.05) is 22.1 Å². The molecule has 1 nitrogen and oxygen atoms in total. The van der Waals surface area contributed by atoms with Crippen molar-refractivity contribution in [3.8, 4) is 0 Å². The predicted octanol–water partition coefficient (Wildman–Crippen LogP) is 5.09. The van der Waals surface area contributed by atoms with Crippen LogP contribution in [0.5, 0.6) is 0 Å². The largest absolute Gasteiger partial charge is 0.306 e. The van der Waals surface area contributed by atoms with Gasteiger partial charge in [-0.25, -0.2) is 4.39 Å². The molecule has 0 aliphatic carbocycles. The maximum Gasteiger partial charge on any atom is 0.124 e. The van der Waals surface area contributed by atoms with Crippen LogP contribution in [0.3, 0.4) is 0 Å². The third kappa shape index (κ3) is 3.78. The highest BCUT2D eigenvalue weighted by Gasteiger charge is 2.09. The Kier molecular flexibility index (Phi) is 4.97. The molecule has 0 spiro atoms. The molecule has 4 heteroatoms. The molecule has 0 amide bonds.